The van der Waals surface area contributed by atoms with Crippen molar-refractivity contribution in [2.75, 3.05) is 0 Å². The van der Waals surface area contributed by atoms with Crippen LogP contribution in [-0.4, -0.2) is 0 Å². The molecule has 1 aromatic carbocycles. The van der Waals surface area contributed by atoms with Crippen LogP contribution in [0.4, 0.5) is 4.39 Å². The minimum Gasteiger partial charge on any atom is -0.195 e. The predicted molar refractivity (Wildman–Crippen MR) is 142 cm³/mol. The van der Waals surface area contributed by atoms with Crippen LogP contribution < -0.4 is 0 Å². The molecule has 34 heavy (non-hydrogen) atoms. The highest BCUT2D eigenvalue weighted by Gasteiger charge is 2.23. The van der Waals surface area contributed by atoms with Gasteiger partial charge in [-0.3, -0.25) is 0 Å². The summed E-state index contributed by atoms with van der Waals surface area (Å²) in [6, 6.07) is 11.2. The van der Waals surface area contributed by atoms with E-state index in [2.05, 4.69) is 31.2 Å². The maximum atomic E-state index is 12.9. The fraction of sp³-hybridized carbons (Fsp3) is 0.719. The van der Waals surface area contributed by atoms with E-state index in [1.54, 1.807) is 11.6 Å². The molecule has 0 heterocycles. The summed E-state index contributed by atoms with van der Waals surface area (Å²) in [6.07, 6.45) is 25.1. The van der Waals surface area contributed by atoms with Gasteiger partial charge in [0, 0.05) is 0 Å². The van der Waals surface area contributed by atoms with Gasteiger partial charge in [-0.2, -0.15) is 9.65 Å². The highest BCUT2D eigenvalue weighted by molar-refractivity contribution is 5.26. The number of nitriles is 1. The molecule has 0 unspecified atom stereocenters. The summed E-state index contributed by atoms with van der Waals surface area (Å²) in [7, 11) is 0. The van der Waals surface area contributed by atoms with Crippen LogP contribution in [-0.2, 0) is 6.42 Å². The Morgan fingerprint density at radius 3 is 1.94 bits per heavy atom. The average molecular weight is 466 g/mol. The lowest BCUT2D eigenvalue weighted by atomic mass is 9.76. The van der Waals surface area contributed by atoms with Crippen LogP contribution in [0.5, 0.6) is 0 Å². The average Bonchev–Trinajstić information content (AvgIpc) is 2.88. The largest absolute Gasteiger partial charge is 0.196 e. The Morgan fingerprint density at radius 2 is 1.38 bits per heavy atom. The van der Waals surface area contributed by atoms with Crippen LogP contribution in [0.15, 0.2) is 36.2 Å². The van der Waals surface area contributed by atoms with Gasteiger partial charge in [0.25, 0.3) is 0 Å². The fourth-order valence-electron chi connectivity index (χ4n) is 6.49. The molecule has 2 fully saturated rings. The molecular formula is C32H48FN. The molecule has 0 amide bonds. The highest BCUT2D eigenvalue weighted by Crippen LogP contribution is 2.39. The van der Waals surface area contributed by atoms with Crippen molar-refractivity contribution in [3.8, 4) is 6.07 Å². The van der Waals surface area contributed by atoms with E-state index in [1.165, 1.54) is 114 Å². The molecule has 0 saturated heterocycles. The van der Waals surface area contributed by atoms with Gasteiger partial charge in [0.1, 0.15) is 6.07 Å². The molecule has 2 saturated carbocycles. The Morgan fingerprint density at radius 1 is 0.824 bits per heavy atom. The van der Waals surface area contributed by atoms with Crippen molar-refractivity contribution >= 4 is 0 Å². The van der Waals surface area contributed by atoms with Crippen molar-refractivity contribution in [2.24, 2.45) is 17.8 Å². The van der Waals surface area contributed by atoms with E-state index in [-0.39, 0.29) is 0 Å². The molecule has 2 aliphatic carbocycles. The van der Waals surface area contributed by atoms with E-state index in [9.17, 15) is 4.39 Å². The van der Waals surface area contributed by atoms with Gasteiger partial charge < -0.3 is 0 Å². The van der Waals surface area contributed by atoms with E-state index >= 15 is 0 Å². The molecule has 1 aromatic rings. The third-order valence-electron chi connectivity index (χ3n) is 8.81. The molecule has 188 valence electrons. The molecule has 2 aliphatic rings. The number of unbranched alkanes of at least 4 members (excludes halogenated alkanes) is 3. The zero-order valence-electron chi connectivity index (χ0n) is 21.7. The molecule has 0 aromatic heterocycles. The second kappa shape index (κ2) is 15.4. The normalized spacial score (nSPS) is 25.7. The van der Waals surface area contributed by atoms with Crippen LogP contribution in [0.3, 0.4) is 0 Å². The Labute approximate surface area is 209 Å². The van der Waals surface area contributed by atoms with Crippen molar-refractivity contribution in [1.29, 1.82) is 5.26 Å². The number of nitrogens with zero attached hydrogens (tertiary/aromatic N) is 1. The van der Waals surface area contributed by atoms with Gasteiger partial charge in [-0.1, -0.05) is 95.4 Å². The van der Waals surface area contributed by atoms with E-state index in [0.717, 1.165) is 36.5 Å². The minimum atomic E-state index is -0.617. The molecule has 3 rings (SSSR count). The summed E-state index contributed by atoms with van der Waals surface area (Å²) in [6.45, 7) is 2.28. The van der Waals surface area contributed by atoms with E-state index in [1.807, 2.05) is 0 Å². The number of hydrogen-bond donors (Lipinski definition) is 0. The summed E-state index contributed by atoms with van der Waals surface area (Å²) in [4.78, 5) is 0. The fourth-order valence-corrected chi connectivity index (χ4v) is 6.49. The van der Waals surface area contributed by atoms with Crippen LogP contribution >= 0.6 is 0 Å². The van der Waals surface area contributed by atoms with E-state index in [0.29, 0.717) is 0 Å². The predicted octanol–water partition coefficient (Wildman–Crippen LogP) is 10.2. The zero-order valence-corrected chi connectivity index (χ0v) is 21.7. The van der Waals surface area contributed by atoms with Gasteiger partial charge in [0.05, 0.1) is 0 Å². The number of benzene rings is 1. The second-order valence-corrected chi connectivity index (χ2v) is 11.3. The Balaban J connectivity index is 1.23. The number of aryl methyl sites for hydroxylation is 1. The lowest BCUT2D eigenvalue weighted by molar-refractivity contribution is 0.244. The van der Waals surface area contributed by atoms with Crippen molar-refractivity contribution in [2.45, 2.75) is 128 Å². The van der Waals surface area contributed by atoms with Gasteiger partial charge in [0.15, 0.2) is 5.83 Å². The first-order valence-electron chi connectivity index (χ1n) is 14.5. The quantitative estimate of drug-likeness (QED) is 0.210. The first-order chi connectivity index (χ1) is 16.7. The van der Waals surface area contributed by atoms with Crippen molar-refractivity contribution in [3.63, 3.8) is 0 Å². The number of hydrogen-bond acceptors (Lipinski definition) is 1. The van der Waals surface area contributed by atoms with Gasteiger partial charge in [-0.05, 0) is 92.2 Å². The number of allylic oxidation sites excluding steroid dienone is 2. The molecule has 0 spiro atoms. The van der Waals surface area contributed by atoms with Crippen LogP contribution in [0.2, 0.25) is 0 Å². The summed E-state index contributed by atoms with van der Waals surface area (Å²) in [5.74, 6) is 2.80. The van der Waals surface area contributed by atoms with Crippen molar-refractivity contribution in [1.82, 2.24) is 0 Å². The molecule has 0 atom stereocenters. The Kier molecular flexibility index (Phi) is 12.2. The SMILES string of the molecule is CCCCCc1ccc(C2CCC(CCCCC3CCC(CC/C=C(\F)C#N)CC3)CC2)cc1. The second-order valence-electron chi connectivity index (χ2n) is 11.3. The Hall–Kier alpha value is -1.62. The summed E-state index contributed by atoms with van der Waals surface area (Å²) >= 11 is 0. The minimum absolute atomic E-state index is 0.617. The van der Waals surface area contributed by atoms with Crippen LogP contribution in [0.1, 0.15) is 133 Å². The van der Waals surface area contributed by atoms with Crippen molar-refractivity contribution < 1.29 is 4.39 Å². The standard InChI is InChI=1S/C32H48FN/c1-2-3-4-8-27-17-21-30(22-18-27)31-23-19-28(20-24-31)10-6-5-9-26-13-15-29(16-14-26)11-7-12-32(33)25-34/h12,17-18,21-22,26,28-29,31H,2-11,13-16,19-20,23-24H2,1H3/b32-12-. The molecule has 0 aliphatic heterocycles. The lowest BCUT2D eigenvalue weighted by Crippen LogP contribution is -2.15. The molecule has 2 heteroatoms. The first kappa shape index (κ1) is 27.0. The van der Waals surface area contributed by atoms with Gasteiger partial charge in [0.2, 0.25) is 0 Å². The maximum Gasteiger partial charge on any atom is 0.196 e. The van der Waals surface area contributed by atoms with Gasteiger partial charge >= 0.3 is 0 Å². The topological polar surface area (TPSA) is 23.8 Å². The molecular weight excluding hydrogens is 417 g/mol. The van der Waals surface area contributed by atoms with E-state index in [4.69, 9.17) is 5.26 Å². The van der Waals surface area contributed by atoms with Crippen LogP contribution in [0.25, 0.3) is 0 Å². The first-order valence-corrected chi connectivity index (χ1v) is 14.5. The summed E-state index contributed by atoms with van der Waals surface area (Å²) in [5.41, 5.74) is 3.10. The number of halogens is 1. The lowest BCUT2D eigenvalue weighted by Gasteiger charge is -2.30. The highest BCUT2D eigenvalue weighted by atomic mass is 19.1. The third-order valence-corrected chi connectivity index (χ3v) is 8.81. The molecule has 0 N–H and O–H groups in total. The van der Waals surface area contributed by atoms with E-state index < -0.39 is 5.83 Å². The Bertz CT molecular complexity index is 742. The molecule has 0 radical (unpaired) electrons. The summed E-state index contributed by atoms with van der Waals surface area (Å²) < 4.78 is 12.9. The number of rotatable bonds is 13. The van der Waals surface area contributed by atoms with Crippen LogP contribution in [0, 0.1) is 29.1 Å². The maximum absolute atomic E-state index is 12.9. The van der Waals surface area contributed by atoms with Gasteiger partial charge in [-0.15, -0.1) is 0 Å². The third kappa shape index (κ3) is 9.56. The molecule has 0 bridgehead atoms. The smallest absolute Gasteiger partial charge is 0.195 e. The van der Waals surface area contributed by atoms with Gasteiger partial charge in [-0.25, -0.2) is 0 Å². The van der Waals surface area contributed by atoms with Crippen molar-refractivity contribution in [3.05, 3.63) is 47.3 Å². The monoisotopic (exact) mass is 465 g/mol. The molecule has 1 nitrogen and oxygen atoms in total. The summed E-state index contributed by atoms with van der Waals surface area (Å²) in [5, 5.41) is 8.49. The zero-order chi connectivity index (χ0) is 24.0.